The number of fused-ring (bicyclic) bond motifs is 1. The van der Waals surface area contributed by atoms with E-state index in [9.17, 15) is 4.79 Å². The second kappa shape index (κ2) is 5.08. The van der Waals surface area contributed by atoms with E-state index in [4.69, 9.17) is 17.3 Å². The number of amides is 1. The number of halogens is 1. The van der Waals surface area contributed by atoms with Crippen molar-refractivity contribution in [3.63, 3.8) is 0 Å². The van der Waals surface area contributed by atoms with E-state index in [1.54, 1.807) is 0 Å². The third-order valence-corrected chi connectivity index (χ3v) is 4.44. The Kier molecular flexibility index (Phi) is 3.74. The Morgan fingerprint density at radius 3 is 2.94 bits per heavy atom. The third-order valence-electron chi connectivity index (χ3n) is 2.44. The number of carbonyl (C=O) groups excluding carboxylic acids is 1. The monoisotopic (exact) mass is 256 g/mol. The van der Waals surface area contributed by atoms with Crippen LogP contribution >= 0.6 is 23.4 Å². The molecular formula is C11H13ClN2OS. The average Bonchev–Trinajstić information content (AvgIpc) is 2.64. The fraction of sp³-hybridized carbons (Fsp3) is 0.364. The number of hydrogen-bond acceptors (Lipinski definition) is 3. The Hall–Kier alpha value is -0.710. The van der Waals surface area contributed by atoms with Gasteiger partial charge in [-0.1, -0.05) is 18.2 Å². The van der Waals surface area contributed by atoms with Gasteiger partial charge in [-0.3, -0.25) is 4.79 Å². The van der Waals surface area contributed by atoms with E-state index in [0.29, 0.717) is 13.1 Å². The SMILES string of the molecule is NCCNC(=O)C1Sc2ccccc2C1Cl. The van der Waals surface area contributed by atoms with Gasteiger partial charge < -0.3 is 11.1 Å². The van der Waals surface area contributed by atoms with Crippen molar-refractivity contribution in [1.29, 1.82) is 0 Å². The summed E-state index contributed by atoms with van der Waals surface area (Å²) in [5, 5.41) is 2.27. The van der Waals surface area contributed by atoms with Crippen molar-refractivity contribution in [2.24, 2.45) is 5.73 Å². The molecule has 3 N–H and O–H groups in total. The average molecular weight is 257 g/mol. The van der Waals surface area contributed by atoms with Crippen LogP contribution in [0.25, 0.3) is 0 Å². The van der Waals surface area contributed by atoms with Crippen molar-refractivity contribution < 1.29 is 4.79 Å². The summed E-state index contributed by atoms with van der Waals surface area (Å²) in [6.45, 7) is 0.943. The molecule has 0 saturated carbocycles. The van der Waals surface area contributed by atoms with Crippen LogP contribution in [-0.4, -0.2) is 24.2 Å². The Labute approximate surface area is 104 Å². The molecule has 86 valence electrons. The molecule has 0 saturated heterocycles. The maximum Gasteiger partial charge on any atom is 0.235 e. The molecule has 0 aromatic heterocycles. The largest absolute Gasteiger partial charge is 0.354 e. The van der Waals surface area contributed by atoms with Crippen molar-refractivity contribution in [2.45, 2.75) is 15.5 Å². The zero-order chi connectivity index (χ0) is 11.5. The van der Waals surface area contributed by atoms with Crippen LogP contribution in [0.15, 0.2) is 29.2 Å². The fourth-order valence-electron chi connectivity index (χ4n) is 1.66. The van der Waals surface area contributed by atoms with Gasteiger partial charge in [0.2, 0.25) is 5.91 Å². The van der Waals surface area contributed by atoms with Crippen LogP contribution in [0.1, 0.15) is 10.9 Å². The highest BCUT2D eigenvalue weighted by Crippen LogP contribution is 2.47. The predicted molar refractivity (Wildman–Crippen MR) is 66.7 cm³/mol. The molecule has 2 atom stereocenters. The molecule has 2 rings (SSSR count). The van der Waals surface area contributed by atoms with Crippen molar-refractivity contribution in [3.8, 4) is 0 Å². The Morgan fingerprint density at radius 2 is 2.25 bits per heavy atom. The summed E-state index contributed by atoms with van der Waals surface area (Å²) in [7, 11) is 0. The molecule has 0 spiro atoms. The standard InChI is InChI=1S/C11H13ClN2OS/c12-9-7-3-1-2-4-8(7)16-10(9)11(15)14-6-5-13/h1-4,9-10H,5-6,13H2,(H,14,15). The summed E-state index contributed by atoms with van der Waals surface area (Å²) in [6, 6.07) is 7.85. The number of hydrogen-bond donors (Lipinski definition) is 2. The molecule has 1 amide bonds. The lowest BCUT2D eigenvalue weighted by molar-refractivity contribution is -0.120. The van der Waals surface area contributed by atoms with E-state index in [2.05, 4.69) is 5.32 Å². The smallest absolute Gasteiger partial charge is 0.235 e. The minimum absolute atomic E-state index is 0.0355. The number of benzene rings is 1. The molecule has 2 unspecified atom stereocenters. The van der Waals surface area contributed by atoms with Crippen LogP contribution in [0.5, 0.6) is 0 Å². The van der Waals surface area contributed by atoms with Crippen molar-refractivity contribution in [1.82, 2.24) is 5.32 Å². The molecule has 0 fully saturated rings. The predicted octanol–water partition coefficient (Wildman–Crippen LogP) is 1.52. The molecule has 1 aliphatic heterocycles. The summed E-state index contributed by atoms with van der Waals surface area (Å²) in [5.41, 5.74) is 6.38. The summed E-state index contributed by atoms with van der Waals surface area (Å²) < 4.78 is 0. The van der Waals surface area contributed by atoms with Gasteiger partial charge >= 0.3 is 0 Å². The van der Waals surface area contributed by atoms with Gasteiger partial charge in [0.25, 0.3) is 0 Å². The van der Waals surface area contributed by atoms with Crippen LogP contribution in [0.2, 0.25) is 0 Å². The van der Waals surface area contributed by atoms with Crippen LogP contribution in [0.3, 0.4) is 0 Å². The first-order valence-electron chi connectivity index (χ1n) is 5.11. The molecule has 0 radical (unpaired) electrons. The van der Waals surface area contributed by atoms with Gasteiger partial charge in [0, 0.05) is 18.0 Å². The lowest BCUT2D eigenvalue weighted by atomic mass is 10.1. The number of carbonyl (C=O) groups is 1. The molecule has 1 aliphatic rings. The molecule has 5 heteroatoms. The van der Waals surface area contributed by atoms with Crippen molar-refractivity contribution >= 4 is 29.3 Å². The second-order valence-corrected chi connectivity index (χ2v) is 5.21. The topological polar surface area (TPSA) is 55.1 Å². The van der Waals surface area contributed by atoms with Gasteiger partial charge in [-0.05, 0) is 11.6 Å². The zero-order valence-electron chi connectivity index (χ0n) is 8.65. The zero-order valence-corrected chi connectivity index (χ0v) is 10.2. The Balaban J connectivity index is 2.09. The highest BCUT2D eigenvalue weighted by Gasteiger charge is 2.36. The van der Waals surface area contributed by atoms with Gasteiger partial charge in [-0.2, -0.15) is 0 Å². The quantitative estimate of drug-likeness (QED) is 0.807. The van der Waals surface area contributed by atoms with Gasteiger partial charge in [-0.25, -0.2) is 0 Å². The van der Waals surface area contributed by atoms with E-state index >= 15 is 0 Å². The first-order chi connectivity index (χ1) is 7.74. The van der Waals surface area contributed by atoms with Crippen molar-refractivity contribution in [3.05, 3.63) is 29.8 Å². The number of thioether (sulfide) groups is 1. The molecule has 0 bridgehead atoms. The maximum absolute atomic E-state index is 11.8. The number of alkyl halides is 1. The molecule has 1 heterocycles. The van der Waals surface area contributed by atoms with E-state index < -0.39 is 0 Å². The molecule has 1 aromatic rings. The highest BCUT2D eigenvalue weighted by molar-refractivity contribution is 8.01. The molecule has 3 nitrogen and oxygen atoms in total. The molecular weight excluding hydrogens is 244 g/mol. The van der Waals surface area contributed by atoms with E-state index in [-0.39, 0.29) is 16.5 Å². The molecule has 0 aliphatic carbocycles. The first kappa shape index (κ1) is 11.8. The highest BCUT2D eigenvalue weighted by atomic mass is 35.5. The third kappa shape index (κ3) is 2.19. The number of rotatable bonds is 3. The van der Waals surface area contributed by atoms with E-state index in [1.807, 2.05) is 24.3 Å². The van der Waals surface area contributed by atoms with E-state index in [0.717, 1.165) is 10.5 Å². The number of nitrogens with two attached hydrogens (primary N) is 1. The molecule has 1 aromatic carbocycles. The summed E-state index contributed by atoms with van der Waals surface area (Å²) >= 11 is 7.79. The van der Waals surface area contributed by atoms with E-state index in [1.165, 1.54) is 11.8 Å². The fourth-order valence-corrected chi connectivity index (χ4v) is 3.40. The van der Waals surface area contributed by atoms with Crippen LogP contribution in [0.4, 0.5) is 0 Å². The summed E-state index contributed by atoms with van der Waals surface area (Å²) in [6.07, 6.45) is 0. The summed E-state index contributed by atoms with van der Waals surface area (Å²) in [5.74, 6) is -0.0355. The lowest BCUT2D eigenvalue weighted by Gasteiger charge is -2.12. The number of nitrogens with one attached hydrogen (secondary N) is 1. The van der Waals surface area contributed by atoms with Crippen molar-refractivity contribution in [2.75, 3.05) is 13.1 Å². The minimum Gasteiger partial charge on any atom is -0.354 e. The second-order valence-electron chi connectivity index (χ2n) is 3.56. The normalized spacial score (nSPS) is 22.9. The first-order valence-corrected chi connectivity index (χ1v) is 6.43. The van der Waals surface area contributed by atoms with Crippen LogP contribution in [0, 0.1) is 0 Å². The molecule has 16 heavy (non-hydrogen) atoms. The lowest BCUT2D eigenvalue weighted by Crippen LogP contribution is -2.36. The van der Waals surface area contributed by atoms with Gasteiger partial charge in [0.15, 0.2) is 0 Å². The minimum atomic E-state index is -0.251. The maximum atomic E-state index is 11.8. The summed E-state index contributed by atoms with van der Waals surface area (Å²) in [4.78, 5) is 12.9. The van der Waals surface area contributed by atoms with Crippen LogP contribution < -0.4 is 11.1 Å². The Bertz CT molecular complexity index is 399. The van der Waals surface area contributed by atoms with Gasteiger partial charge in [0.1, 0.15) is 5.25 Å². The Morgan fingerprint density at radius 1 is 1.50 bits per heavy atom. The van der Waals surface area contributed by atoms with Gasteiger partial charge in [-0.15, -0.1) is 23.4 Å². The van der Waals surface area contributed by atoms with Gasteiger partial charge in [0.05, 0.1) is 5.38 Å². The van der Waals surface area contributed by atoms with Crippen LogP contribution in [-0.2, 0) is 4.79 Å².